The lowest BCUT2D eigenvalue weighted by Crippen LogP contribution is -2.25. The Bertz CT molecular complexity index is 828. The highest BCUT2D eigenvalue weighted by molar-refractivity contribution is 6.30. The highest BCUT2D eigenvalue weighted by Gasteiger charge is 2.25. The van der Waals surface area contributed by atoms with Crippen LogP contribution in [0, 0.1) is 0 Å². The van der Waals surface area contributed by atoms with E-state index in [1.165, 1.54) is 5.56 Å². The van der Waals surface area contributed by atoms with Gasteiger partial charge in [-0.05, 0) is 36.2 Å². The van der Waals surface area contributed by atoms with Crippen molar-refractivity contribution in [3.05, 3.63) is 59.1 Å². The first-order chi connectivity index (χ1) is 11.2. The lowest BCUT2D eigenvalue weighted by Gasteiger charge is -2.19. The summed E-state index contributed by atoms with van der Waals surface area (Å²) in [5.41, 5.74) is 3.27. The first-order valence-corrected chi connectivity index (χ1v) is 8.21. The van der Waals surface area contributed by atoms with Crippen LogP contribution in [0.3, 0.4) is 0 Å². The second-order valence-corrected chi connectivity index (χ2v) is 6.44. The van der Waals surface area contributed by atoms with E-state index in [4.69, 9.17) is 16.6 Å². The first-order valence-electron chi connectivity index (χ1n) is 7.83. The van der Waals surface area contributed by atoms with Crippen molar-refractivity contribution in [1.82, 2.24) is 9.55 Å². The van der Waals surface area contributed by atoms with E-state index in [0.717, 1.165) is 41.5 Å². The normalized spacial score (nSPS) is 18.0. The fourth-order valence-electron chi connectivity index (χ4n) is 3.16. The van der Waals surface area contributed by atoms with Crippen molar-refractivity contribution in [2.24, 2.45) is 0 Å². The van der Waals surface area contributed by atoms with Crippen molar-refractivity contribution < 1.29 is 5.11 Å². The topological polar surface area (TPSA) is 41.3 Å². The number of nitrogens with zero attached hydrogens (tertiary/aromatic N) is 3. The van der Waals surface area contributed by atoms with Crippen LogP contribution in [0.5, 0.6) is 0 Å². The summed E-state index contributed by atoms with van der Waals surface area (Å²) < 4.78 is 2.22. The number of hydrogen-bond acceptors (Lipinski definition) is 3. The molecule has 0 spiro atoms. The summed E-state index contributed by atoms with van der Waals surface area (Å²) in [6, 6.07) is 16.1. The largest absolute Gasteiger partial charge is 0.391 e. The number of halogens is 1. The van der Waals surface area contributed by atoms with Gasteiger partial charge < -0.3 is 14.6 Å². The molecule has 4 nitrogen and oxygen atoms in total. The molecule has 2 aromatic carbocycles. The minimum Gasteiger partial charge on any atom is -0.391 e. The van der Waals surface area contributed by atoms with Crippen LogP contribution in [-0.4, -0.2) is 33.9 Å². The molecule has 1 atom stereocenters. The van der Waals surface area contributed by atoms with Gasteiger partial charge in [-0.25, -0.2) is 4.98 Å². The maximum Gasteiger partial charge on any atom is 0.206 e. The summed E-state index contributed by atoms with van der Waals surface area (Å²) in [6.45, 7) is 2.22. The Kier molecular flexibility index (Phi) is 3.71. The third-order valence-electron chi connectivity index (χ3n) is 4.33. The van der Waals surface area contributed by atoms with E-state index >= 15 is 0 Å². The fraction of sp³-hybridized carbons (Fsp3) is 0.278. The predicted molar refractivity (Wildman–Crippen MR) is 93.1 cm³/mol. The van der Waals surface area contributed by atoms with Crippen molar-refractivity contribution in [3.63, 3.8) is 0 Å². The molecule has 3 aromatic rings. The summed E-state index contributed by atoms with van der Waals surface area (Å²) in [7, 11) is 0. The summed E-state index contributed by atoms with van der Waals surface area (Å²) in [6.07, 6.45) is 0.531. The number of anilines is 1. The van der Waals surface area contributed by atoms with Gasteiger partial charge in [0.2, 0.25) is 5.95 Å². The smallest absolute Gasteiger partial charge is 0.206 e. The number of β-amino-alcohol motifs (C(OH)–C–C–N with tert-alkyl or cyclic N) is 1. The molecule has 0 amide bonds. The van der Waals surface area contributed by atoms with Gasteiger partial charge in [0.15, 0.2) is 0 Å². The van der Waals surface area contributed by atoms with Gasteiger partial charge in [0.1, 0.15) is 0 Å². The van der Waals surface area contributed by atoms with Crippen molar-refractivity contribution in [2.75, 3.05) is 18.0 Å². The molecule has 4 rings (SSSR count). The maximum atomic E-state index is 9.85. The minimum atomic E-state index is -0.265. The Morgan fingerprint density at radius 3 is 2.65 bits per heavy atom. The zero-order valence-corrected chi connectivity index (χ0v) is 13.4. The standard InChI is InChI=1S/C18H18ClN3O/c19-14-7-5-13(6-8-14)11-22-17-4-2-1-3-16(17)20-18(22)21-10-9-15(23)12-21/h1-8,15,23H,9-12H2/t15-/m0/s1. The first kappa shape index (κ1) is 14.5. The van der Waals surface area contributed by atoms with Gasteiger partial charge in [0, 0.05) is 18.1 Å². The van der Waals surface area contributed by atoms with Crippen molar-refractivity contribution in [2.45, 2.75) is 19.1 Å². The number of aliphatic hydroxyl groups excluding tert-OH is 1. The highest BCUT2D eigenvalue weighted by atomic mass is 35.5. The van der Waals surface area contributed by atoms with Gasteiger partial charge in [-0.2, -0.15) is 0 Å². The fourth-order valence-corrected chi connectivity index (χ4v) is 3.28. The second kappa shape index (κ2) is 5.87. The summed E-state index contributed by atoms with van der Waals surface area (Å²) in [4.78, 5) is 6.96. The molecule has 118 valence electrons. The van der Waals surface area contributed by atoms with Gasteiger partial charge in [0.05, 0.1) is 23.7 Å². The highest BCUT2D eigenvalue weighted by Crippen LogP contribution is 2.27. The molecule has 0 saturated carbocycles. The van der Waals surface area contributed by atoms with E-state index in [-0.39, 0.29) is 6.10 Å². The third-order valence-corrected chi connectivity index (χ3v) is 4.59. The number of imidazole rings is 1. The molecule has 0 bridgehead atoms. The molecule has 2 heterocycles. The van der Waals surface area contributed by atoms with Crippen molar-refractivity contribution >= 4 is 28.6 Å². The molecule has 1 fully saturated rings. The van der Waals surface area contributed by atoms with Crippen LogP contribution in [0.4, 0.5) is 5.95 Å². The monoisotopic (exact) mass is 327 g/mol. The third kappa shape index (κ3) is 2.80. The molecule has 1 aromatic heterocycles. The molecule has 1 saturated heterocycles. The van der Waals surface area contributed by atoms with Gasteiger partial charge >= 0.3 is 0 Å². The molecule has 1 aliphatic rings. The molecular weight excluding hydrogens is 310 g/mol. The van der Waals surface area contributed by atoms with E-state index < -0.39 is 0 Å². The van der Waals surface area contributed by atoms with E-state index in [2.05, 4.69) is 15.5 Å². The SMILES string of the molecule is O[C@H]1CCN(c2nc3ccccc3n2Cc2ccc(Cl)cc2)C1. The van der Waals surface area contributed by atoms with Crippen LogP contribution in [0.15, 0.2) is 48.5 Å². The van der Waals surface area contributed by atoms with Crippen molar-refractivity contribution in [3.8, 4) is 0 Å². The molecule has 5 heteroatoms. The van der Waals surface area contributed by atoms with E-state index in [9.17, 15) is 5.11 Å². The summed E-state index contributed by atoms with van der Waals surface area (Å²) in [5, 5.41) is 10.6. The number of hydrogen-bond donors (Lipinski definition) is 1. The van der Waals surface area contributed by atoms with E-state index in [1.807, 2.05) is 42.5 Å². The second-order valence-electron chi connectivity index (χ2n) is 6.00. The Morgan fingerprint density at radius 1 is 1.13 bits per heavy atom. The molecule has 0 radical (unpaired) electrons. The van der Waals surface area contributed by atoms with Crippen LogP contribution < -0.4 is 4.90 Å². The molecule has 1 aliphatic heterocycles. The zero-order chi connectivity index (χ0) is 15.8. The molecular formula is C18H18ClN3O. The summed E-state index contributed by atoms with van der Waals surface area (Å²) >= 11 is 5.98. The van der Waals surface area contributed by atoms with Crippen LogP contribution in [0.25, 0.3) is 11.0 Å². The van der Waals surface area contributed by atoms with Crippen LogP contribution in [-0.2, 0) is 6.54 Å². The van der Waals surface area contributed by atoms with E-state index in [1.54, 1.807) is 0 Å². The Morgan fingerprint density at radius 2 is 1.91 bits per heavy atom. The Balaban J connectivity index is 1.77. The van der Waals surface area contributed by atoms with Crippen LogP contribution >= 0.6 is 11.6 Å². The van der Waals surface area contributed by atoms with Gasteiger partial charge in [-0.1, -0.05) is 35.9 Å². The quantitative estimate of drug-likeness (QED) is 0.802. The Hall–Kier alpha value is -2.04. The lowest BCUT2D eigenvalue weighted by atomic mass is 10.2. The summed E-state index contributed by atoms with van der Waals surface area (Å²) in [5.74, 6) is 0.928. The number of para-hydroxylation sites is 2. The average Bonchev–Trinajstić information content (AvgIpc) is 3.14. The molecule has 0 aliphatic carbocycles. The molecule has 1 N–H and O–H groups in total. The van der Waals surface area contributed by atoms with Gasteiger partial charge in [0.25, 0.3) is 0 Å². The van der Waals surface area contributed by atoms with Crippen LogP contribution in [0.1, 0.15) is 12.0 Å². The Labute approximate surface area is 139 Å². The number of aromatic nitrogens is 2. The van der Waals surface area contributed by atoms with E-state index in [0.29, 0.717) is 6.54 Å². The minimum absolute atomic E-state index is 0.265. The average molecular weight is 328 g/mol. The van der Waals surface area contributed by atoms with Gasteiger partial charge in [-0.3, -0.25) is 0 Å². The molecule has 23 heavy (non-hydrogen) atoms. The van der Waals surface area contributed by atoms with Gasteiger partial charge in [-0.15, -0.1) is 0 Å². The molecule has 0 unspecified atom stereocenters. The van der Waals surface area contributed by atoms with Crippen LogP contribution in [0.2, 0.25) is 5.02 Å². The number of aliphatic hydroxyl groups is 1. The van der Waals surface area contributed by atoms with Crippen molar-refractivity contribution in [1.29, 1.82) is 0 Å². The number of fused-ring (bicyclic) bond motifs is 1. The lowest BCUT2D eigenvalue weighted by molar-refractivity contribution is 0.198. The zero-order valence-electron chi connectivity index (χ0n) is 12.7. The number of rotatable bonds is 3. The maximum absolute atomic E-state index is 9.85. The number of benzene rings is 2. The predicted octanol–water partition coefficient (Wildman–Crippen LogP) is 3.31.